The predicted molar refractivity (Wildman–Crippen MR) is 92.6 cm³/mol. The second-order valence-electron chi connectivity index (χ2n) is 5.05. The number of aryl methyl sites for hydroxylation is 1. The number of anilines is 1. The van der Waals surface area contributed by atoms with Gasteiger partial charge in [0.15, 0.2) is 0 Å². The van der Waals surface area contributed by atoms with Gasteiger partial charge in [0.2, 0.25) is 0 Å². The molecule has 23 heavy (non-hydrogen) atoms. The zero-order valence-corrected chi connectivity index (χ0v) is 13.6. The Kier molecular flexibility index (Phi) is 4.21. The number of carbonyl (C=O) groups excluding carboxylic acids is 2. The number of imide groups is 1. The number of hydrogen-bond donors (Lipinski definition) is 0. The Hall–Kier alpha value is -2.53. The van der Waals surface area contributed by atoms with E-state index in [-0.39, 0.29) is 11.1 Å². The molecule has 0 saturated carbocycles. The molecule has 0 atom stereocenters. The summed E-state index contributed by atoms with van der Waals surface area (Å²) in [6.45, 7) is 1.97. The summed E-state index contributed by atoms with van der Waals surface area (Å²) in [5.41, 5.74) is 2.44. The van der Waals surface area contributed by atoms with E-state index in [0.29, 0.717) is 16.3 Å². The van der Waals surface area contributed by atoms with Crippen molar-refractivity contribution in [3.05, 3.63) is 64.6 Å². The van der Waals surface area contributed by atoms with Crippen LogP contribution < -0.4 is 9.64 Å². The van der Waals surface area contributed by atoms with Gasteiger partial charge in [-0.1, -0.05) is 36.4 Å². The molecule has 4 nitrogen and oxygen atoms in total. The number of carbonyl (C=O) groups is 2. The lowest BCUT2D eigenvalue weighted by Gasteiger charge is -2.15. The molecule has 1 saturated heterocycles. The minimum atomic E-state index is -0.326. The minimum absolute atomic E-state index is 0.320. The number of benzene rings is 2. The normalized spacial score (nSPS) is 16.3. The van der Waals surface area contributed by atoms with E-state index in [2.05, 4.69) is 0 Å². The molecule has 0 N–H and O–H groups in total. The molecule has 116 valence electrons. The third kappa shape index (κ3) is 2.87. The Bertz CT molecular complexity index is 813. The number of thioether (sulfide) groups is 1. The Labute approximate surface area is 138 Å². The second-order valence-corrected chi connectivity index (χ2v) is 6.04. The van der Waals surface area contributed by atoms with Crippen LogP contribution in [0.2, 0.25) is 0 Å². The molecule has 1 aliphatic heterocycles. The van der Waals surface area contributed by atoms with Crippen molar-refractivity contribution in [2.45, 2.75) is 6.92 Å². The summed E-state index contributed by atoms with van der Waals surface area (Å²) >= 11 is 0.942. The number of ether oxygens (including phenoxy) is 1. The number of hydrogen-bond acceptors (Lipinski definition) is 4. The van der Waals surface area contributed by atoms with Gasteiger partial charge in [0, 0.05) is 0 Å². The minimum Gasteiger partial charge on any atom is -0.495 e. The molecule has 2 aromatic carbocycles. The molecule has 0 aromatic heterocycles. The lowest BCUT2D eigenvalue weighted by molar-refractivity contribution is -0.113. The molecule has 0 bridgehead atoms. The number of para-hydroxylation sites is 2. The maximum atomic E-state index is 12.7. The van der Waals surface area contributed by atoms with Crippen LogP contribution in [0.1, 0.15) is 11.1 Å². The van der Waals surface area contributed by atoms with Gasteiger partial charge in [-0.3, -0.25) is 9.59 Å². The van der Waals surface area contributed by atoms with Crippen molar-refractivity contribution in [2.75, 3.05) is 12.0 Å². The van der Waals surface area contributed by atoms with Gasteiger partial charge in [0.1, 0.15) is 5.75 Å². The van der Waals surface area contributed by atoms with Gasteiger partial charge in [-0.05, 0) is 48.0 Å². The Morgan fingerprint density at radius 3 is 2.48 bits per heavy atom. The van der Waals surface area contributed by atoms with E-state index in [1.165, 1.54) is 7.11 Å². The highest BCUT2D eigenvalue weighted by atomic mass is 32.2. The summed E-state index contributed by atoms with van der Waals surface area (Å²) in [4.78, 5) is 26.5. The van der Waals surface area contributed by atoms with Crippen molar-refractivity contribution >= 4 is 34.7 Å². The molecular formula is C18H15NO3S. The monoisotopic (exact) mass is 325 g/mol. The summed E-state index contributed by atoms with van der Waals surface area (Å²) in [6, 6.07) is 14.7. The second kappa shape index (κ2) is 6.30. The smallest absolute Gasteiger partial charge is 0.298 e. The van der Waals surface area contributed by atoms with Gasteiger partial charge in [-0.15, -0.1) is 0 Å². The van der Waals surface area contributed by atoms with E-state index in [1.54, 1.807) is 30.3 Å². The first-order chi connectivity index (χ1) is 11.1. The number of rotatable bonds is 3. The van der Waals surface area contributed by atoms with Crippen molar-refractivity contribution < 1.29 is 14.3 Å². The molecule has 0 radical (unpaired) electrons. The van der Waals surface area contributed by atoms with Crippen LogP contribution in [0.25, 0.3) is 6.08 Å². The molecule has 2 aromatic rings. The lowest BCUT2D eigenvalue weighted by Crippen LogP contribution is -2.28. The maximum Gasteiger partial charge on any atom is 0.298 e. The van der Waals surface area contributed by atoms with Crippen LogP contribution in [0, 0.1) is 6.92 Å². The molecule has 0 aliphatic carbocycles. The molecule has 5 heteroatoms. The highest BCUT2D eigenvalue weighted by molar-refractivity contribution is 8.19. The predicted octanol–water partition coefficient (Wildman–Crippen LogP) is 4.24. The Morgan fingerprint density at radius 2 is 1.74 bits per heavy atom. The van der Waals surface area contributed by atoms with Crippen molar-refractivity contribution in [3.8, 4) is 5.75 Å². The molecule has 0 spiro atoms. The number of methoxy groups -OCH3 is 1. The van der Waals surface area contributed by atoms with Gasteiger partial charge in [0.25, 0.3) is 11.1 Å². The fourth-order valence-corrected chi connectivity index (χ4v) is 3.21. The molecule has 1 aliphatic rings. The van der Waals surface area contributed by atoms with E-state index in [0.717, 1.165) is 27.8 Å². The van der Waals surface area contributed by atoms with Crippen LogP contribution in [0.15, 0.2) is 53.4 Å². The highest BCUT2D eigenvalue weighted by Gasteiger charge is 2.37. The quantitative estimate of drug-likeness (QED) is 0.792. The van der Waals surface area contributed by atoms with Gasteiger partial charge in [-0.25, -0.2) is 4.90 Å². The van der Waals surface area contributed by atoms with E-state index >= 15 is 0 Å². The molecule has 1 fully saturated rings. The van der Waals surface area contributed by atoms with Crippen LogP contribution in [0.4, 0.5) is 10.5 Å². The summed E-state index contributed by atoms with van der Waals surface area (Å²) in [7, 11) is 1.51. The van der Waals surface area contributed by atoms with Crippen LogP contribution in [0.5, 0.6) is 5.75 Å². The summed E-state index contributed by atoms with van der Waals surface area (Å²) in [6.07, 6.45) is 1.76. The first-order valence-electron chi connectivity index (χ1n) is 7.08. The molecule has 1 heterocycles. The topological polar surface area (TPSA) is 46.6 Å². The molecule has 0 unspecified atom stereocenters. The van der Waals surface area contributed by atoms with Crippen molar-refractivity contribution in [3.63, 3.8) is 0 Å². The Balaban J connectivity index is 1.99. The van der Waals surface area contributed by atoms with E-state index in [4.69, 9.17) is 4.74 Å². The molecule has 3 rings (SSSR count). The largest absolute Gasteiger partial charge is 0.495 e. The first kappa shape index (κ1) is 15.4. The first-order valence-corrected chi connectivity index (χ1v) is 7.90. The third-order valence-corrected chi connectivity index (χ3v) is 4.46. The number of amides is 2. The van der Waals surface area contributed by atoms with Crippen molar-refractivity contribution in [1.29, 1.82) is 0 Å². The standard InChI is InChI=1S/C18H15NO3S/c1-12-7-3-4-8-13(12)11-16-17(20)19(18(21)23-16)14-9-5-6-10-15(14)22-2/h3-11H,1-2H3/b16-11-. The zero-order chi connectivity index (χ0) is 16.4. The van der Waals surface area contributed by atoms with Crippen LogP contribution in [-0.4, -0.2) is 18.3 Å². The third-order valence-electron chi connectivity index (χ3n) is 3.59. The van der Waals surface area contributed by atoms with Crippen LogP contribution in [0.3, 0.4) is 0 Å². The van der Waals surface area contributed by atoms with E-state index in [1.807, 2.05) is 31.2 Å². The number of nitrogens with zero attached hydrogens (tertiary/aromatic N) is 1. The van der Waals surface area contributed by atoms with Gasteiger partial charge in [0.05, 0.1) is 17.7 Å². The van der Waals surface area contributed by atoms with Gasteiger partial charge in [-0.2, -0.15) is 0 Å². The lowest BCUT2D eigenvalue weighted by atomic mass is 10.1. The molecule has 2 amide bonds. The summed E-state index contributed by atoms with van der Waals surface area (Å²) < 4.78 is 5.25. The average Bonchev–Trinajstić information content (AvgIpc) is 2.83. The fraction of sp³-hybridized carbons (Fsp3) is 0.111. The van der Waals surface area contributed by atoms with Crippen LogP contribution in [-0.2, 0) is 4.79 Å². The molecular weight excluding hydrogens is 310 g/mol. The average molecular weight is 325 g/mol. The zero-order valence-electron chi connectivity index (χ0n) is 12.8. The van der Waals surface area contributed by atoms with Gasteiger partial charge < -0.3 is 4.74 Å². The van der Waals surface area contributed by atoms with E-state index < -0.39 is 0 Å². The van der Waals surface area contributed by atoms with Gasteiger partial charge >= 0.3 is 0 Å². The summed E-state index contributed by atoms with van der Waals surface area (Å²) in [5.74, 6) is 0.166. The SMILES string of the molecule is COc1ccccc1N1C(=O)S/C(=C\c2ccccc2C)C1=O. The van der Waals surface area contributed by atoms with Crippen molar-refractivity contribution in [2.24, 2.45) is 0 Å². The van der Waals surface area contributed by atoms with Crippen LogP contribution >= 0.6 is 11.8 Å². The highest BCUT2D eigenvalue weighted by Crippen LogP contribution is 2.39. The summed E-state index contributed by atoms with van der Waals surface area (Å²) in [5, 5.41) is -0.320. The van der Waals surface area contributed by atoms with Crippen molar-refractivity contribution in [1.82, 2.24) is 0 Å². The Morgan fingerprint density at radius 1 is 1.04 bits per heavy atom. The van der Waals surface area contributed by atoms with E-state index in [9.17, 15) is 9.59 Å². The maximum absolute atomic E-state index is 12.7. The fourth-order valence-electron chi connectivity index (χ4n) is 2.38.